The fraction of sp³-hybridized carbons (Fsp3) is 0. The van der Waals surface area contributed by atoms with E-state index in [2.05, 4.69) is 275 Å². The summed E-state index contributed by atoms with van der Waals surface area (Å²) >= 11 is 1.86. The van der Waals surface area contributed by atoms with E-state index >= 15 is 0 Å². The first-order valence-electron chi connectivity index (χ1n) is 23.9. The Labute approximate surface area is 409 Å². The zero-order chi connectivity index (χ0) is 46.1. The van der Waals surface area contributed by atoms with E-state index in [0.29, 0.717) is 0 Å². The fourth-order valence-corrected chi connectivity index (χ4v) is 11.9. The molecule has 0 unspecified atom stereocenters. The lowest BCUT2D eigenvalue weighted by Crippen LogP contribution is -2.09. The van der Waals surface area contributed by atoms with Crippen LogP contribution in [0.4, 0.5) is 17.1 Å². The number of anilines is 3. The molecule has 0 N–H and O–H groups in total. The second-order valence-corrected chi connectivity index (χ2v) is 19.2. The second kappa shape index (κ2) is 16.4. The summed E-state index contributed by atoms with van der Waals surface area (Å²) in [4.78, 5) is 2.37. The van der Waals surface area contributed by atoms with Crippen molar-refractivity contribution in [2.45, 2.75) is 0 Å². The highest BCUT2D eigenvalue weighted by molar-refractivity contribution is 7.25. The molecule has 0 radical (unpaired) electrons. The highest BCUT2D eigenvalue weighted by Gasteiger charge is 2.17. The molecule has 328 valence electrons. The van der Waals surface area contributed by atoms with Crippen molar-refractivity contribution in [3.05, 3.63) is 261 Å². The summed E-state index contributed by atoms with van der Waals surface area (Å²) in [6, 6.07) is 95.3. The maximum absolute atomic E-state index is 2.37. The van der Waals surface area contributed by atoms with E-state index < -0.39 is 0 Å². The largest absolute Gasteiger partial charge is 0.311 e. The van der Waals surface area contributed by atoms with E-state index in [-0.39, 0.29) is 0 Å². The van der Waals surface area contributed by atoms with Crippen LogP contribution in [0.15, 0.2) is 261 Å². The number of hydrogen-bond donors (Lipinski definition) is 0. The Hall–Kier alpha value is -8.96. The molecule has 11 aromatic carbocycles. The van der Waals surface area contributed by atoms with Crippen molar-refractivity contribution in [1.29, 1.82) is 0 Å². The van der Waals surface area contributed by atoms with E-state index in [1.54, 1.807) is 0 Å². The number of hydrogen-bond acceptors (Lipinski definition) is 2. The molecule has 0 aliphatic rings. The van der Waals surface area contributed by atoms with Gasteiger partial charge in [-0.1, -0.05) is 152 Å². The molecule has 3 nitrogen and oxygen atoms in total. The van der Waals surface area contributed by atoms with Crippen LogP contribution in [-0.2, 0) is 0 Å². The minimum Gasteiger partial charge on any atom is -0.311 e. The first-order valence-corrected chi connectivity index (χ1v) is 24.7. The highest BCUT2D eigenvalue weighted by atomic mass is 32.1. The van der Waals surface area contributed by atoms with Crippen LogP contribution < -0.4 is 4.90 Å². The predicted octanol–water partition coefficient (Wildman–Crippen LogP) is 18.7. The van der Waals surface area contributed by atoms with Gasteiger partial charge in [0.15, 0.2) is 0 Å². The van der Waals surface area contributed by atoms with Crippen LogP contribution in [-0.4, -0.2) is 9.13 Å². The zero-order valence-corrected chi connectivity index (χ0v) is 38.9. The third kappa shape index (κ3) is 6.64. The van der Waals surface area contributed by atoms with Gasteiger partial charge in [0.1, 0.15) is 0 Å². The average Bonchev–Trinajstić information content (AvgIpc) is 4.09. The molecule has 3 heterocycles. The molecular weight excluding hydrogens is 867 g/mol. The van der Waals surface area contributed by atoms with E-state index in [1.807, 2.05) is 11.3 Å². The number of rotatable bonds is 8. The van der Waals surface area contributed by atoms with Crippen LogP contribution in [0.25, 0.3) is 109 Å². The van der Waals surface area contributed by atoms with Gasteiger partial charge in [0.05, 0.1) is 22.1 Å². The van der Waals surface area contributed by atoms with E-state index in [0.717, 1.165) is 28.4 Å². The Morgan fingerprint density at radius 2 is 0.600 bits per heavy atom. The zero-order valence-electron chi connectivity index (χ0n) is 38.1. The van der Waals surface area contributed by atoms with Crippen molar-refractivity contribution < 1.29 is 0 Å². The Bertz CT molecular complexity index is 4200. The van der Waals surface area contributed by atoms with Crippen molar-refractivity contribution in [3.8, 4) is 44.8 Å². The lowest BCUT2D eigenvalue weighted by Gasteiger charge is -2.26. The van der Waals surface area contributed by atoms with Crippen LogP contribution >= 0.6 is 11.3 Å². The maximum atomic E-state index is 2.37. The van der Waals surface area contributed by atoms with Gasteiger partial charge in [-0.15, -0.1) is 11.3 Å². The van der Waals surface area contributed by atoms with Crippen LogP contribution in [0.5, 0.6) is 0 Å². The van der Waals surface area contributed by atoms with Crippen LogP contribution in [0, 0.1) is 0 Å². The quantitative estimate of drug-likeness (QED) is 0.148. The lowest BCUT2D eigenvalue weighted by molar-refractivity contribution is 1.18. The van der Waals surface area contributed by atoms with Gasteiger partial charge in [-0.2, -0.15) is 0 Å². The number of fused-ring (bicyclic) bond motifs is 9. The minimum absolute atomic E-state index is 1.09. The first-order chi connectivity index (χ1) is 34.7. The Morgan fingerprint density at radius 1 is 0.243 bits per heavy atom. The molecule has 0 spiro atoms. The van der Waals surface area contributed by atoms with Gasteiger partial charge in [-0.25, -0.2) is 0 Å². The molecule has 0 aliphatic heterocycles. The van der Waals surface area contributed by atoms with Crippen molar-refractivity contribution in [1.82, 2.24) is 9.13 Å². The number of para-hydroxylation sites is 4. The molecule has 70 heavy (non-hydrogen) atoms. The molecular formula is C66H43N3S. The summed E-state index contributed by atoms with van der Waals surface area (Å²) in [6.45, 7) is 0. The highest BCUT2D eigenvalue weighted by Crippen LogP contribution is 2.41. The standard InChI is InChI=1S/C66H43N3S/c1-2-12-50(13-3-1)68-63-20-10-6-16-57(63)59-42-48(30-40-64(59)68)46-26-34-52(35-27-46)67(53-36-28-47(29-37-53)49-31-41-66-60(43-49)58-17-7-11-21-65(58)70-66)51-32-22-44(23-33-51)45-24-38-54(39-25-45)69-61-18-8-4-14-55(61)56-15-5-9-19-62(56)69/h1-43H. The van der Waals surface area contributed by atoms with Crippen molar-refractivity contribution in [2.75, 3.05) is 4.90 Å². The van der Waals surface area contributed by atoms with Crippen molar-refractivity contribution >= 4 is 92.2 Å². The van der Waals surface area contributed by atoms with Crippen molar-refractivity contribution in [3.63, 3.8) is 0 Å². The molecule has 0 aliphatic carbocycles. The van der Waals surface area contributed by atoms with Gasteiger partial charge in [-0.3, -0.25) is 0 Å². The molecule has 0 fully saturated rings. The van der Waals surface area contributed by atoms with E-state index in [1.165, 1.54) is 97.2 Å². The fourth-order valence-electron chi connectivity index (χ4n) is 10.8. The average molecular weight is 910 g/mol. The van der Waals surface area contributed by atoms with Gasteiger partial charge in [0, 0.05) is 70.2 Å². The molecule has 3 aromatic heterocycles. The number of benzene rings is 11. The Balaban J connectivity index is 0.822. The van der Waals surface area contributed by atoms with Gasteiger partial charge in [0.25, 0.3) is 0 Å². The summed E-state index contributed by atoms with van der Waals surface area (Å²) in [5.74, 6) is 0. The van der Waals surface area contributed by atoms with Crippen LogP contribution in [0.1, 0.15) is 0 Å². The van der Waals surface area contributed by atoms with Crippen LogP contribution in [0.2, 0.25) is 0 Å². The summed E-state index contributed by atoms with van der Waals surface area (Å²) in [6.07, 6.45) is 0. The van der Waals surface area contributed by atoms with E-state index in [9.17, 15) is 0 Å². The molecule has 0 atom stereocenters. The molecule has 0 bridgehead atoms. The Morgan fingerprint density at radius 3 is 1.14 bits per heavy atom. The Kier molecular flexibility index (Phi) is 9.39. The minimum atomic E-state index is 1.09. The third-order valence-corrected chi connectivity index (χ3v) is 15.3. The molecule has 0 saturated heterocycles. The normalized spacial score (nSPS) is 11.7. The number of thiophene rings is 1. The van der Waals surface area contributed by atoms with Gasteiger partial charge in [0.2, 0.25) is 0 Å². The topological polar surface area (TPSA) is 13.1 Å². The van der Waals surface area contributed by atoms with Gasteiger partial charge in [-0.05, 0) is 143 Å². The number of aromatic nitrogens is 2. The molecule has 14 aromatic rings. The predicted molar refractivity (Wildman–Crippen MR) is 299 cm³/mol. The summed E-state index contributed by atoms with van der Waals surface area (Å²) in [5.41, 5.74) is 17.6. The van der Waals surface area contributed by atoms with E-state index in [4.69, 9.17) is 0 Å². The first kappa shape index (κ1) is 40.1. The number of nitrogens with zero attached hydrogens (tertiary/aromatic N) is 3. The smallest absolute Gasteiger partial charge is 0.0541 e. The molecule has 4 heteroatoms. The third-order valence-electron chi connectivity index (χ3n) is 14.1. The monoisotopic (exact) mass is 909 g/mol. The van der Waals surface area contributed by atoms with Crippen molar-refractivity contribution in [2.24, 2.45) is 0 Å². The SMILES string of the molecule is c1ccc(-n2c3ccccc3c3cc(-c4ccc(N(c5ccc(-c6ccc(-n7c8ccccc8c8ccccc87)cc6)cc5)c5ccc(-c6ccc7sc8ccccc8c7c6)cc5)cc4)ccc32)cc1. The molecule has 0 amide bonds. The summed E-state index contributed by atoms with van der Waals surface area (Å²) < 4.78 is 7.39. The van der Waals surface area contributed by atoms with Gasteiger partial charge < -0.3 is 14.0 Å². The van der Waals surface area contributed by atoms with Gasteiger partial charge >= 0.3 is 0 Å². The van der Waals surface area contributed by atoms with Crippen LogP contribution in [0.3, 0.4) is 0 Å². The molecule has 0 saturated carbocycles. The molecule has 14 rings (SSSR count). The second-order valence-electron chi connectivity index (χ2n) is 18.1. The summed E-state index contributed by atoms with van der Waals surface area (Å²) in [7, 11) is 0. The summed E-state index contributed by atoms with van der Waals surface area (Å²) in [5, 5.41) is 7.66. The maximum Gasteiger partial charge on any atom is 0.0541 e. The lowest BCUT2D eigenvalue weighted by atomic mass is 10.0.